The van der Waals surface area contributed by atoms with Crippen molar-refractivity contribution in [3.05, 3.63) is 0 Å². The van der Waals surface area contributed by atoms with E-state index in [0.29, 0.717) is 56.5 Å². The summed E-state index contributed by atoms with van der Waals surface area (Å²) in [6.45, 7) is 7.32. The number of piperidine rings is 2. The van der Waals surface area contributed by atoms with Crippen LogP contribution in [0.25, 0.3) is 0 Å². The van der Waals surface area contributed by atoms with Crippen molar-refractivity contribution in [2.45, 2.75) is 77.7 Å². The number of amides is 2. The van der Waals surface area contributed by atoms with E-state index in [9.17, 15) is 14.7 Å². The maximum Gasteiger partial charge on any atom is 0.222 e. The lowest BCUT2D eigenvalue weighted by Gasteiger charge is -2.39. The van der Waals surface area contributed by atoms with Crippen LogP contribution >= 0.6 is 0 Å². The van der Waals surface area contributed by atoms with Crippen LogP contribution in [0.4, 0.5) is 0 Å². The van der Waals surface area contributed by atoms with E-state index in [1.54, 1.807) is 0 Å². The summed E-state index contributed by atoms with van der Waals surface area (Å²) in [5, 5.41) is 9.59. The third kappa shape index (κ3) is 5.98. The minimum Gasteiger partial charge on any atom is -0.393 e. The molecule has 144 valence electrons. The van der Waals surface area contributed by atoms with Crippen molar-refractivity contribution in [2.24, 2.45) is 11.8 Å². The third-order valence-corrected chi connectivity index (χ3v) is 6.02. The van der Waals surface area contributed by atoms with Gasteiger partial charge < -0.3 is 14.9 Å². The highest BCUT2D eigenvalue weighted by Gasteiger charge is 2.33. The average Bonchev–Trinajstić information content (AvgIpc) is 2.62. The van der Waals surface area contributed by atoms with E-state index >= 15 is 0 Å². The lowest BCUT2D eigenvalue weighted by atomic mass is 9.81. The zero-order chi connectivity index (χ0) is 18.2. The van der Waals surface area contributed by atoms with Crippen molar-refractivity contribution in [2.75, 3.05) is 26.2 Å². The first-order chi connectivity index (χ1) is 12.0. The second kappa shape index (κ2) is 10.1. The molecule has 0 aromatic carbocycles. The Balaban J connectivity index is 1.81. The molecule has 2 aliphatic rings. The van der Waals surface area contributed by atoms with Gasteiger partial charge in [-0.25, -0.2) is 0 Å². The molecule has 2 rings (SSSR count). The smallest absolute Gasteiger partial charge is 0.222 e. The molecule has 0 saturated carbocycles. The Morgan fingerprint density at radius 1 is 0.920 bits per heavy atom. The minimum atomic E-state index is -0.241. The summed E-state index contributed by atoms with van der Waals surface area (Å²) in [5.41, 5.74) is 0. The molecule has 5 nitrogen and oxygen atoms in total. The molecule has 0 bridgehead atoms. The molecule has 2 atom stereocenters. The van der Waals surface area contributed by atoms with Gasteiger partial charge in [-0.2, -0.15) is 0 Å². The summed E-state index contributed by atoms with van der Waals surface area (Å²) < 4.78 is 0. The van der Waals surface area contributed by atoms with E-state index in [-0.39, 0.29) is 12.0 Å². The fourth-order valence-electron chi connectivity index (χ4n) is 4.19. The van der Waals surface area contributed by atoms with Crippen molar-refractivity contribution in [1.29, 1.82) is 0 Å². The highest BCUT2D eigenvalue weighted by Crippen LogP contribution is 2.30. The Morgan fingerprint density at radius 3 is 2.24 bits per heavy atom. The van der Waals surface area contributed by atoms with Crippen LogP contribution in [0.5, 0.6) is 0 Å². The maximum atomic E-state index is 12.6. The molecular weight excluding hydrogens is 316 g/mol. The zero-order valence-electron chi connectivity index (χ0n) is 16.1. The topological polar surface area (TPSA) is 60.9 Å². The van der Waals surface area contributed by atoms with Crippen LogP contribution in [0.2, 0.25) is 0 Å². The molecule has 0 unspecified atom stereocenters. The number of carbonyl (C=O) groups is 2. The Hall–Kier alpha value is -1.10. The van der Waals surface area contributed by atoms with Crippen molar-refractivity contribution >= 4 is 11.8 Å². The molecule has 25 heavy (non-hydrogen) atoms. The van der Waals surface area contributed by atoms with Gasteiger partial charge in [0.1, 0.15) is 0 Å². The van der Waals surface area contributed by atoms with Gasteiger partial charge in [-0.1, -0.05) is 33.1 Å². The SMILES string of the molecule is CCCCCC(=O)N1CC[C@@H](CC(=O)N2CCC(O)CC2)[C@@H](CC)C1. The van der Waals surface area contributed by atoms with E-state index in [0.717, 1.165) is 45.2 Å². The molecule has 2 amide bonds. The van der Waals surface area contributed by atoms with Gasteiger partial charge in [0.05, 0.1) is 6.10 Å². The zero-order valence-corrected chi connectivity index (χ0v) is 16.1. The normalized spacial score (nSPS) is 25.2. The van der Waals surface area contributed by atoms with Gasteiger partial charge in [-0.3, -0.25) is 9.59 Å². The minimum absolute atomic E-state index is 0.234. The number of carbonyl (C=O) groups excluding carboxylic acids is 2. The third-order valence-electron chi connectivity index (χ3n) is 6.02. The number of aliphatic hydroxyl groups excluding tert-OH is 1. The fourth-order valence-corrected chi connectivity index (χ4v) is 4.19. The van der Waals surface area contributed by atoms with E-state index in [2.05, 4.69) is 13.8 Å². The predicted octanol–water partition coefficient (Wildman–Crippen LogP) is 2.81. The highest BCUT2D eigenvalue weighted by atomic mass is 16.3. The predicted molar refractivity (Wildman–Crippen MR) is 99.0 cm³/mol. The van der Waals surface area contributed by atoms with Crippen LogP contribution < -0.4 is 0 Å². The molecule has 0 spiro atoms. The summed E-state index contributed by atoms with van der Waals surface area (Å²) in [4.78, 5) is 28.9. The lowest BCUT2D eigenvalue weighted by molar-refractivity contribution is -0.137. The molecule has 2 fully saturated rings. The first-order valence-electron chi connectivity index (χ1n) is 10.3. The Bertz CT molecular complexity index is 433. The Morgan fingerprint density at radius 2 is 1.60 bits per heavy atom. The molecule has 0 radical (unpaired) electrons. The van der Waals surface area contributed by atoms with E-state index in [1.807, 2.05) is 9.80 Å². The van der Waals surface area contributed by atoms with Crippen LogP contribution in [0.1, 0.15) is 71.6 Å². The van der Waals surface area contributed by atoms with Gasteiger partial charge >= 0.3 is 0 Å². The molecule has 1 N–H and O–H groups in total. The molecule has 0 aromatic rings. The molecular formula is C20H36N2O3. The van der Waals surface area contributed by atoms with Gasteiger partial charge in [-0.15, -0.1) is 0 Å². The van der Waals surface area contributed by atoms with Crippen molar-refractivity contribution in [3.63, 3.8) is 0 Å². The van der Waals surface area contributed by atoms with E-state index < -0.39 is 0 Å². The van der Waals surface area contributed by atoms with E-state index in [4.69, 9.17) is 0 Å². The van der Waals surface area contributed by atoms with Crippen LogP contribution in [-0.4, -0.2) is 59.0 Å². The van der Waals surface area contributed by atoms with Gasteiger partial charge in [0.2, 0.25) is 11.8 Å². The van der Waals surface area contributed by atoms with Gasteiger partial charge in [0.25, 0.3) is 0 Å². The number of hydrogen-bond donors (Lipinski definition) is 1. The number of hydrogen-bond acceptors (Lipinski definition) is 3. The number of aliphatic hydroxyl groups is 1. The van der Waals surface area contributed by atoms with Gasteiger partial charge in [0, 0.05) is 39.0 Å². The monoisotopic (exact) mass is 352 g/mol. The average molecular weight is 353 g/mol. The van der Waals surface area contributed by atoms with Gasteiger partial charge in [-0.05, 0) is 37.5 Å². The largest absolute Gasteiger partial charge is 0.393 e. The van der Waals surface area contributed by atoms with Gasteiger partial charge in [0.15, 0.2) is 0 Å². The molecule has 2 aliphatic heterocycles. The second-order valence-corrected chi connectivity index (χ2v) is 7.83. The standard InChI is InChI=1S/C20H36N2O3/c1-3-5-6-7-19(24)22-11-8-17(16(4-2)15-22)14-20(25)21-12-9-18(23)10-13-21/h16-18,23H,3-15H2,1-2H3/t16-,17-/m0/s1. The summed E-state index contributed by atoms with van der Waals surface area (Å²) in [6, 6.07) is 0. The Kier molecular flexibility index (Phi) is 8.20. The summed E-state index contributed by atoms with van der Waals surface area (Å²) >= 11 is 0. The van der Waals surface area contributed by atoms with Crippen LogP contribution in [0.3, 0.4) is 0 Å². The first kappa shape index (κ1) is 20.2. The summed E-state index contributed by atoms with van der Waals surface area (Å²) in [7, 11) is 0. The number of rotatable bonds is 7. The molecule has 0 aromatic heterocycles. The highest BCUT2D eigenvalue weighted by molar-refractivity contribution is 5.77. The second-order valence-electron chi connectivity index (χ2n) is 7.83. The lowest BCUT2D eigenvalue weighted by Crippen LogP contribution is -2.46. The van der Waals surface area contributed by atoms with Crippen molar-refractivity contribution < 1.29 is 14.7 Å². The number of likely N-dealkylation sites (tertiary alicyclic amines) is 2. The molecule has 2 heterocycles. The van der Waals surface area contributed by atoms with Crippen molar-refractivity contribution in [3.8, 4) is 0 Å². The first-order valence-corrected chi connectivity index (χ1v) is 10.3. The van der Waals surface area contributed by atoms with Crippen molar-refractivity contribution in [1.82, 2.24) is 9.80 Å². The van der Waals surface area contributed by atoms with Crippen LogP contribution in [-0.2, 0) is 9.59 Å². The van der Waals surface area contributed by atoms with Crippen LogP contribution in [0, 0.1) is 11.8 Å². The Labute approximate surface area is 152 Å². The van der Waals surface area contributed by atoms with E-state index in [1.165, 1.54) is 0 Å². The number of unbranched alkanes of at least 4 members (excludes halogenated alkanes) is 2. The fraction of sp³-hybridized carbons (Fsp3) is 0.900. The molecule has 5 heteroatoms. The molecule has 0 aliphatic carbocycles. The number of nitrogens with zero attached hydrogens (tertiary/aromatic N) is 2. The summed E-state index contributed by atoms with van der Waals surface area (Å²) in [6.07, 6.45) is 7.66. The quantitative estimate of drug-likeness (QED) is 0.717. The summed E-state index contributed by atoms with van der Waals surface area (Å²) in [5.74, 6) is 1.35. The maximum absolute atomic E-state index is 12.6. The molecule has 2 saturated heterocycles. The van der Waals surface area contributed by atoms with Crippen LogP contribution in [0.15, 0.2) is 0 Å².